The molecule has 34 heavy (non-hydrogen) atoms. The van der Waals surface area contributed by atoms with E-state index in [9.17, 15) is 40.7 Å². The molecular weight excluding hydrogens is 476 g/mol. The molecule has 2 aromatic rings. The number of benzene rings is 1. The zero-order valence-corrected chi connectivity index (χ0v) is 17.4. The minimum absolute atomic E-state index is 0.0439. The number of amides is 3. The van der Waals surface area contributed by atoms with Crippen molar-refractivity contribution in [1.29, 1.82) is 0 Å². The van der Waals surface area contributed by atoms with Crippen LogP contribution in [0.5, 0.6) is 11.5 Å². The first-order valence-corrected chi connectivity index (χ1v) is 9.35. The number of aromatic nitrogens is 1. The molecule has 0 saturated carbocycles. The standard InChI is InChI=1S/C20H15F6N3O5/c1-18(2)15(30)29(12-3-5-13(6-4-12)34-20(24,25)26)17(32)28(18)10-11-7-8-27-9-14(11)33-16(31)19(21,22)23/h3-9H,10H2,1-2H3. The first-order chi connectivity index (χ1) is 15.6. The molecule has 1 aliphatic heterocycles. The molecule has 1 aromatic heterocycles. The second-order valence-corrected chi connectivity index (χ2v) is 7.48. The van der Waals surface area contributed by atoms with Gasteiger partial charge in [0.25, 0.3) is 5.91 Å². The number of esters is 1. The van der Waals surface area contributed by atoms with E-state index < -0.39 is 54.0 Å². The number of anilines is 1. The van der Waals surface area contributed by atoms with Crippen LogP contribution >= 0.6 is 0 Å². The lowest BCUT2D eigenvalue weighted by atomic mass is 10.0. The van der Waals surface area contributed by atoms with Gasteiger partial charge in [0.15, 0.2) is 5.75 Å². The van der Waals surface area contributed by atoms with E-state index in [2.05, 4.69) is 14.5 Å². The van der Waals surface area contributed by atoms with Crippen molar-refractivity contribution in [1.82, 2.24) is 9.88 Å². The summed E-state index contributed by atoms with van der Waals surface area (Å²) in [4.78, 5) is 42.6. The van der Waals surface area contributed by atoms with Crippen molar-refractivity contribution in [2.24, 2.45) is 0 Å². The van der Waals surface area contributed by atoms with Crippen LogP contribution in [0.1, 0.15) is 19.4 Å². The van der Waals surface area contributed by atoms with Crippen LogP contribution < -0.4 is 14.4 Å². The molecule has 0 spiro atoms. The summed E-state index contributed by atoms with van der Waals surface area (Å²) in [5, 5.41) is 0. The van der Waals surface area contributed by atoms with Crippen LogP contribution in [-0.4, -0.2) is 45.9 Å². The highest BCUT2D eigenvalue weighted by Crippen LogP contribution is 2.36. The molecule has 1 fully saturated rings. The number of ether oxygens (including phenoxy) is 2. The van der Waals surface area contributed by atoms with Crippen molar-refractivity contribution in [2.75, 3.05) is 4.90 Å². The summed E-state index contributed by atoms with van der Waals surface area (Å²) in [5.41, 5.74) is -1.61. The first kappa shape index (κ1) is 24.8. The first-order valence-electron chi connectivity index (χ1n) is 9.35. The van der Waals surface area contributed by atoms with Gasteiger partial charge in [-0.3, -0.25) is 9.78 Å². The zero-order valence-electron chi connectivity index (χ0n) is 17.4. The molecule has 2 heterocycles. The Balaban J connectivity index is 1.87. The van der Waals surface area contributed by atoms with Crippen LogP contribution in [0, 0.1) is 0 Å². The smallest absolute Gasteiger partial charge is 0.418 e. The van der Waals surface area contributed by atoms with Gasteiger partial charge in [0.05, 0.1) is 18.4 Å². The summed E-state index contributed by atoms with van der Waals surface area (Å²) in [6.07, 6.45) is -8.17. The predicted octanol–water partition coefficient (Wildman–Crippen LogP) is 4.20. The summed E-state index contributed by atoms with van der Waals surface area (Å²) in [6.45, 7) is 2.31. The quantitative estimate of drug-likeness (QED) is 0.354. The summed E-state index contributed by atoms with van der Waals surface area (Å²) >= 11 is 0. The molecule has 0 N–H and O–H groups in total. The number of pyridine rings is 1. The molecule has 3 amide bonds. The average Bonchev–Trinajstić information content (AvgIpc) is 2.88. The third-order valence-electron chi connectivity index (χ3n) is 4.78. The minimum Gasteiger partial charge on any atom is -0.418 e. The number of rotatable bonds is 5. The highest BCUT2D eigenvalue weighted by Gasteiger charge is 2.52. The van der Waals surface area contributed by atoms with E-state index in [1.807, 2.05) is 0 Å². The highest BCUT2D eigenvalue weighted by atomic mass is 19.4. The molecule has 182 valence electrons. The van der Waals surface area contributed by atoms with E-state index in [1.54, 1.807) is 0 Å². The molecule has 8 nitrogen and oxygen atoms in total. The van der Waals surface area contributed by atoms with E-state index in [0.717, 1.165) is 35.4 Å². The normalized spacial score (nSPS) is 16.1. The van der Waals surface area contributed by atoms with E-state index >= 15 is 0 Å². The largest absolute Gasteiger partial charge is 0.573 e. The van der Waals surface area contributed by atoms with Crippen LogP contribution in [-0.2, 0) is 16.1 Å². The Labute approximate surface area is 187 Å². The predicted molar refractivity (Wildman–Crippen MR) is 102 cm³/mol. The second kappa shape index (κ2) is 8.50. The Bertz CT molecular complexity index is 1110. The number of alkyl halides is 6. The Morgan fingerprint density at radius 3 is 2.21 bits per heavy atom. The molecule has 1 aliphatic rings. The van der Waals surface area contributed by atoms with Gasteiger partial charge < -0.3 is 14.4 Å². The third kappa shape index (κ3) is 5.05. The SMILES string of the molecule is CC1(C)C(=O)N(c2ccc(OC(F)(F)F)cc2)C(=O)N1Cc1ccncc1OC(=O)C(F)(F)F. The Hall–Kier alpha value is -3.84. The van der Waals surface area contributed by atoms with Crippen LogP contribution in [0.3, 0.4) is 0 Å². The van der Waals surface area contributed by atoms with Crippen molar-refractivity contribution < 1.29 is 50.2 Å². The van der Waals surface area contributed by atoms with Crippen LogP contribution in [0.15, 0.2) is 42.7 Å². The second-order valence-electron chi connectivity index (χ2n) is 7.48. The highest BCUT2D eigenvalue weighted by molar-refractivity contribution is 6.22. The Kier molecular flexibility index (Phi) is 6.20. The lowest BCUT2D eigenvalue weighted by molar-refractivity contribution is -0.274. The number of nitrogens with zero attached hydrogens (tertiary/aromatic N) is 3. The van der Waals surface area contributed by atoms with E-state index in [1.165, 1.54) is 26.1 Å². The third-order valence-corrected chi connectivity index (χ3v) is 4.78. The van der Waals surface area contributed by atoms with E-state index in [4.69, 9.17) is 0 Å². The van der Waals surface area contributed by atoms with E-state index in [-0.39, 0.29) is 11.3 Å². The van der Waals surface area contributed by atoms with Gasteiger partial charge in [0.2, 0.25) is 0 Å². The topological polar surface area (TPSA) is 89.0 Å². The van der Waals surface area contributed by atoms with Gasteiger partial charge in [0.1, 0.15) is 11.3 Å². The number of imide groups is 1. The van der Waals surface area contributed by atoms with Crippen molar-refractivity contribution in [3.8, 4) is 11.5 Å². The molecule has 0 aliphatic carbocycles. The number of halogens is 6. The maximum atomic E-state index is 13.1. The molecular formula is C20H15F6N3O5. The van der Waals surface area contributed by atoms with Gasteiger partial charge >= 0.3 is 24.5 Å². The number of hydrogen-bond donors (Lipinski definition) is 0. The number of carbonyl (C=O) groups is 3. The number of hydrogen-bond acceptors (Lipinski definition) is 6. The van der Waals surface area contributed by atoms with Gasteiger partial charge in [-0.15, -0.1) is 13.2 Å². The average molecular weight is 491 g/mol. The van der Waals surface area contributed by atoms with Gasteiger partial charge in [-0.25, -0.2) is 14.5 Å². The van der Waals surface area contributed by atoms with Crippen molar-refractivity contribution in [2.45, 2.75) is 38.5 Å². The maximum Gasteiger partial charge on any atom is 0.573 e. The van der Waals surface area contributed by atoms with Crippen molar-refractivity contribution >= 4 is 23.6 Å². The van der Waals surface area contributed by atoms with E-state index in [0.29, 0.717) is 4.90 Å². The fourth-order valence-electron chi connectivity index (χ4n) is 3.08. The van der Waals surface area contributed by atoms with Crippen molar-refractivity contribution in [3.63, 3.8) is 0 Å². The summed E-state index contributed by atoms with van der Waals surface area (Å²) in [6, 6.07) is 4.27. The lowest BCUT2D eigenvalue weighted by Gasteiger charge is -2.28. The molecule has 0 radical (unpaired) electrons. The molecule has 3 rings (SSSR count). The fraction of sp³-hybridized carbons (Fsp3) is 0.300. The summed E-state index contributed by atoms with van der Waals surface area (Å²) in [7, 11) is 0. The minimum atomic E-state index is -5.27. The van der Waals surface area contributed by atoms with Crippen LogP contribution in [0.25, 0.3) is 0 Å². The summed E-state index contributed by atoms with van der Waals surface area (Å²) in [5.74, 6) is -4.37. The maximum absolute atomic E-state index is 13.1. The fourth-order valence-corrected chi connectivity index (χ4v) is 3.08. The molecule has 14 heteroatoms. The van der Waals surface area contributed by atoms with Crippen LogP contribution in [0.2, 0.25) is 0 Å². The number of carbonyl (C=O) groups excluding carboxylic acids is 3. The Morgan fingerprint density at radius 2 is 1.65 bits per heavy atom. The van der Waals surface area contributed by atoms with Gasteiger partial charge in [-0.1, -0.05) is 0 Å². The zero-order chi connectivity index (χ0) is 25.5. The Morgan fingerprint density at radius 1 is 1.03 bits per heavy atom. The molecule has 1 saturated heterocycles. The monoisotopic (exact) mass is 491 g/mol. The number of urea groups is 1. The lowest BCUT2D eigenvalue weighted by Crippen LogP contribution is -2.43. The van der Waals surface area contributed by atoms with Gasteiger partial charge in [-0.2, -0.15) is 13.2 Å². The van der Waals surface area contributed by atoms with Gasteiger partial charge in [0, 0.05) is 11.8 Å². The molecule has 0 atom stereocenters. The van der Waals surface area contributed by atoms with Gasteiger partial charge in [-0.05, 0) is 44.2 Å². The molecule has 0 unspecified atom stereocenters. The molecule has 1 aromatic carbocycles. The van der Waals surface area contributed by atoms with Crippen molar-refractivity contribution in [3.05, 3.63) is 48.3 Å². The molecule has 0 bridgehead atoms. The van der Waals surface area contributed by atoms with Crippen LogP contribution in [0.4, 0.5) is 36.8 Å². The summed E-state index contributed by atoms with van der Waals surface area (Å²) < 4.78 is 82.9.